The van der Waals surface area contributed by atoms with E-state index in [-0.39, 0.29) is 5.41 Å². The average Bonchev–Trinajstić information content (AvgIpc) is 3.52. The van der Waals surface area contributed by atoms with E-state index in [1.165, 1.54) is 88.0 Å². The molecule has 274 valence electrons. The fourth-order valence-electron chi connectivity index (χ4n) is 9.60. The van der Waals surface area contributed by atoms with Gasteiger partial charge >= 0.3 is 0 Å². The van der Waals surface area contributed by atoms with Gasteiger partial charge in [-0.3, -0.25) is 0 Å². The molecule has 0 N–H and O–H groups in total. The van der Waals surface area contributed by atoms with E-state index in [0.717, 1.165) is 17.1 Å². The van der Waals surface area contributed by atoms with Crippen LogP contribution in [0.1, 0.15) is 25.0 Å². The number of benzene rings is 10. The van der Waals surface area contributed by atoms with Crippen LogP contribution in [0.15, 0.2) is 212 Å². The maximum Gasteiger partial charge on any atom is 0.0546 e. The summed E-state index contributed by atoms with van der Waals surface area (Å²) in [7, 11) is 0. The normalized spacial score (nSPS) is 12.8. The molecule has 11 rings (SSSR count). The van der Waals surface area contributed by atoms with E-state index >= 15 is 0 Å². The van der Waals surface area contributed by atoms with Crippen molar-refractivity contribution in [2.24, 2.45) is 0 Å². The minimum absolute atomic E-state index is 0.133. The van der Waals surface area contributed by atoms with Gasteiger partial charge in [0, 0.05) is 22.4 Å². The molecule has 0 unspecified atom stereocenters. The van der Waals surface area contributed by atoms with Gasteiger partial charge in [-0.25, -0.2) is 0 Å². The van der Waals surface area contributed by atoms with Gasteiger partial charge in [-0.05, 0) is 125 Å². The van der Waals surface area contributed by atoms with Crippen molar-refractivity contribution in [1.82, 2.24) is 0 Å². The Bertz CT molecular complexity index is 3210. The van der Waals surface area contributed by atoms with Crippen LogP contribution in [0, 0.1) is 0 Å². The molecule has 1 aliphatic rings. The summed E-state index contributed by atoms with van der Waals surface area (Å²) in [4.78, 5) is 2.47. The molecule has 58 heavy (non-hydrogen) atoms. The van der Waals surface area contributed by atoms with Gasteiger partial charge in [-0.1, -0.05) is 184 Å². The molecule has 1 aliphatic carbocycles. The summed E-state index contributed by atoms with van der Waals surface area (Å²) in [5, 5.41) is 7.54. The topological polar surface area (TPSA) is 3.24 Å². The molecule has 0 heterocycles. The van der Waals surface area contributed by atoms with E-state index in [1.54, 1.807) is 0 Å². The Kier molecular flexibility index (Phi) is 7.91. The van der Waals surface area contributed by atoms with Crippen molar-refractivity contribution in [2.45, 2.75) is 19.3 Å². The number of hydrogen-bond acceptors (Lipinski definition) is 1. The van der Waals surface area contributed by atoms with E-state index in [2.05, 4.69) is 231 Å². The first-order chi connectivity index (χ1) is 28.5. The Hall–Kier alpha value is -7.22. The van der Waals surface area contributed by atoms with Gasteiger partial charge in [0.05, 0.1) is 5.69 Å². The average molecular weight is 740 g/mol. The SMILES string of the molecule is CC1(C)c2ccc(-c3c(-c4ccccc4)cccc3N(c3cccc(-c4ccc5ccccc5c4)c3)c3ccc4ccccc4c3)cc2-c2ccc3ccccc3c21. The number of rotatable bonds is 6. The van der Waals surface area contributed by atoms with E-state index in [0.29, 0.717) is 0 Å². The second-order valence-corrected chi connectivity index (χ2v) is 16.1. The minimum atomic E-state index is -0.133. The summed E-state index contributed by atoms with van der Waals surface area (Å²) >= 11 is 0. The summed E-state index contributed by atoms with van der Waals surface area (Å²) < 4.78 is 0. The second-order valence-electron chi connectivity index (χ2n) is 16.1. The Morgan fingerprint density at radius 2 is 0.948 bits per heavy atom. The molecule has 0 saturated carbocycles. The highest BCUT2D eigenvalue weighted by molar-refractivity contribution is 6.02. The van der Waals surface area contributed by atoms with Crippen LogP contribution < -0.4 is 4.90 Å². The number of hydrogen-bond donors (Lipinski definition) is 0. The van der Waals surface area contributed by atoms with Gasteiger partial charge in [-0.15, -0.1) is 0 Å². The zero-order valence-corrected chi connectivity index (χ0v) is 32.7. The third-order valence-electron chi connectivity index (χ3n) is 12.4. The minimum Gasteiger partial charge on any atom is -0.310 e. The van der Waals surface area contributed by atoms with Crippen molar-refractivity contribution < 1.29 is 0 Å². The van der Waals surface area contributed by atoms with Crippen LogP contribution in [0.4, 0.5) is 17.1 Å². The van der Waals surface area contributed by atoms with Crippen molar-refractivity contribution in [2.75, 3.05) is 4.90 Å². The lowest BCUT2D eigenvalue weighted by Crippen LogP contribution is -2.15. The molecule has 0 amide bonds. The van der Waals surface area contributed by atoms with Crippen LogP contribution in [0.5, 0.6) is 0 Å². The summed E-state index contributed by atoms with van der Waals surface area (Å²) in [6.45, 7) is 4.77. The molecule has 1 heteroatoms. The van der Waals surface area contributed by atoms with Crippen molar-refractivity contribution in [3.05, 3.63) is 223 Å². The molecule has 0 aromatic heterocycles. The van der Waals surface area contributed by atoms with Gasteiger partial charge in [0.25, 0.3) is 0 Å². The number of anilines is 3. The molecule has 0 spiro atoms. The third-order valence-corrected chi connectivity index (χ3v) is 12.4. The summed E-state index contributed by atoms with van der Waals surface area (Å²) in [5.74, 6) is 0. The van der Waals surface area contributed by atoms with Crippen LogP contribution in [0.25, 0.3) is 76.8 Å². The zero-order chi connectivity index (χ0) is 38.8. The zero-order valence-electron chi connectivity index (χ0n) is 32.7. The molecule has 1 nitrogen and oxygen atoms in total. The first kappa shape index (κ1) is 34.1. The van der Waals surface area contributed by atoms with Crippen LogP contribution in [0.2, 0.25) is 0 Å². The van der Waals surface area contributed by atoms with Crippen LogP contribution in [-0.2, 0) is 5.41 Å². The van der Waals surface area contributed by atoms with E-state index in [4.69, 9.17) is 0 Å². The van der Waals surface area contributed by atoms with Crippen LogP contribution >= 0.6 is 0 Å². The largest absolute Gasteiger partial charge is 0.310 e. The molecule has 0 atom stereocenters. The second kappa shape index (κ2) is 13.5. The van der Waals surface area contributed by atoms with Gasteiger partial charge in [0.2, 0.25) is 0 Å². The first-order valence-electron chi connectivity index (χ1n) is 20.3. The highest BCUT2D eigenvalue weighted by Gasteiger charge is 2.37. The fraction of sp³-hybridized carbons (Fsp3) is 0.0526. The monoisotopic (exact) mass is 739 g/mol. The van der Waals surface area contributed by atoms with Gasteiger partial charge in [-0.2, -0.15) is 0 Å². The molecule has 0 fully saturated rings. The molecular formula is C57H41N. The van der Waals surface area contributed by atoms with Crippen molar-refractivity contribution in [3.63, 3.8) is 0 Å². The number of fused-ring (bicyclic) bond motifs is 7. The highest BCUT2D eigenvalue weighted by atomic mass is 15.1. The lowest BCUT2D eigenvalue weighted by atomic mass is 9.80. The predicted octanol–water partition coefficient (Wildman–Crippen LogP) is 15.9. The van der Waals surface area contributed by atoms with Crippen molar-refractivity contribution >= 4 is 49.4 Å². The summed E-state index contributed by atoms with van der Waals surface area (Å²) in [6, 6.07) is 78.3. The van der Waals surface area contributed by atoms with Crippen LogP contribution in [-0.4, -0.2) is 0 Å². The molecule has 10 aromatic carbocycles. The van der Waals surface area contributed by atoms with E-state index < -0.39 is 0 Å². The Morgan fingerprint density at radius 3 is 1.76 bits per heavy atom. The maximum atomic E-state index is 2.47. The fourth-order valence-corrected chi connectivity index (χ4v) is 9.60. The van der Waals surface area contributed by atoms with E-state index in [1.807, 2.05) is 0 Å². The molecule has 0 saturated heterocycles. The van der Waals surface area contributed by atoms with Gasteiger partial charge < -0.3 is 4.90 Å². The predicted molar refractivity (Wildman–Crippen MR) is 248 cm³/mol. The number of nitrogens with zero attached hydrogens (tertiary/aromatic N) is 1. The lowest BCUT2D eigenvalue weighted by molar-refractivity contribution is 0.666. The summed E-state index contributed by atoms with van der Waals surface area (Å²) in [5.41, 5.74) is 15.8. The van der Waals surface area contributed by atoms with Gasteiger partial charge in [0.15, 0.2) is 0 Å². The molecule has 0 bridgehead atoms. The van der Waals surface area contributed by atoms with E-state index in [9.17, 15) is 0 Å². The first-order valence-corrected chi connectivity index (χ1v) is 20.3. The third kappa shape index (κ3) is 5.54. The van der Waals surface area contributed by atoms with Crippen LogP contribution in [0.3, 0.4) is 0 Å². The Labute approximate surface area is 340 Å². The summed E-state index contributed by atoms with van der Waals surface area (Å²) in [6.07, 6.45) is 0. The molecule has 0 aliphatic heterocycles. The maximum absolute atomic E-state index is 2.47. The highest BCUT2D eigenvalue weighted by Crippen LogP contribution is 2.54. The quantitative estimate of drug-likeness (QED) is 0.164. The van der Waals surface area contributed by atoms with Crippen molar-refractivity contribution in [1.29, 1.82) is 0 Å². The Morgan fingerprint density at radius 1 is 0.345 bits per heavy atom. The smallest absolute Gasteiger partial charge is 0.0546 e. The molecule has 10 aromatic rings. The van der Waals surface area contributed by atoms with Gasteiger partial charge in [0.1, 0.15) is 0 Å². The molecule has 0 radical (unpaired) electrons. The standard InChI is InChI=1S/C57H41N/c1-57(2)53-33-30-46(37-52(53)51-32-29-41-18-10-11-23-50(41)56(51)57)55-49(40-16-4-3-5-17-40)24-13-25-54(55)58(48-31-28-39-15-7-9-20-43(39)35-48)47-22-12-21-44(36-47)45-27-26-38-14-6-8-19-42(38)34-45/h3-37H,1-2H3. The molecular weight excluding hydrogens is 699 g/mol. The lowest BCUT2D eigenvalue weighted by Gasteiger charge is -2.30. The van der Waals surface area contributed by atoms with Crippen molar-refractivity contribution in [3.8, 4) is 44.5 Å². The Balaban J connectivity index is 1.17.